The number of carbonyl (C=O) groups excluding carboxylic acids is 3. The number of hydrogen-bond donors (Lipinski definition) is 1. The second kappa shape index (κ2) is 13.1. The molecule has 0 aliphatic carbocycles. The molecule has 2 heterocycles. The van der Waals surface area contributed by atoms with E-state index in [1.165, 1.54) is 31.3 Å². The highest BCUT2D eigenvalue weighted by Gasteiger charge is 2.35. The van der Waals surface area contributed by atoms with Crippen LogP contribution in [-0.2, 0) is 19.6 Å². The number of aryl methyl sites for hydroxylation is 2. The van der Waals surface area contributed by atoms with Crippen molar-refractivity contribution < 1.29 is 37.3 Å². The fourth-order valence-corrected chi connectivity index (χ4v) is 5.39. The lowest BCUT2D eigenvalue weighted by atomic mass is 10.1. The lowest BCUT2D eigenvalue weighted by Crippen LogP contribution is -2.35. The Kier molecular flexibility index (Phi) is 8.99. The third kappa shape index (κ3) is 6.81. The minimum absolute atomic E-state index is 0.0169. The second-order valence-corrected chi connectivity index (χ2v) is 11.9. The second-order valence-electron chi connectivity index (χ2n) is 10.2. The summed E-state index contributed by atoms with van der Waals surface area (Å²) in [6, 6.07) is 21.9. The molecular weight excluding hydrogens is 618 g/mol. The van der Waals surface area contributed by atoms with Crippen LogP contribution < -0.4 is 4.72 Å². The Bertz CT molecular complexity index is 1890. The minimum atomic E-state index is -4.27. The number of fused-ring (bicyclic) bond motifs is 1. The molecule has 0 saturated carbocycles. The normalized spacial score (nSPS) is 13.0. The number of carbonyl (C=O) groups is 3. The smallest absolute Gasteiger partial charge is 0.421 e. The van der Waals surface area contributed by atoms with Crippen molar-refractivity contribution in [3.05, 3.63) is 106 Å². The van der Waals surface area contributed by atoms with Gasteiger partial charge in [0.25, 0.3) is 21.8 Å². The van der Waals surface area contributed by atoms with Crippen LogP contribution in [0.15, 0.2) is 89.0 Å². The van der Waals surface area contributed by atoms with Gasteiger partial charge in [0.2, 0.25) is 12.0 Å². The van der Waals surface area contributed by atoms with Gasteiger partial charge in [-0.15, -0.1) is 5.01 Å². The summed E-state index contributed by atoms with van der Waals surface area (Å²) < 4.78 is 34.0. The molecule has 238 valence electrons. The molecule has 0 bridgehead atoms. The summed E-state index contributed by atoms with van der Waals surface area (Å²) in [5.41, 5.74) is 4.74. The molecule has 4 aromatic rings. The number of imide groups is 1. The molecule has 3 amide bonds. The van der Waals surface area contributed by atoms with Crippen LogP contribution in [0.25, 0.3) is 16.9 Å². The molecule has 46 heavy (non-hydrogen) atoms. The van der Waals surface area contributed by atoms with Crippen molar-refractivity contribution in [1.29, 1.82) is 0 Å². The van der Waals surface area contributed by atoms with Crippen LogP contribution in [0, 0.1) is 19.1 Å². The molecule has 5 rings (SSSR count). The van der Waals surface area contributed by atoms with E-state index in [0.717, 1.165) is 32.4 Å². The van der Waals surface area contributed by atoms with Crippen molar-refractivity contribution in [3.63, 3.8) is 0 Å². The molecule has 1 aromatic heterocycles. The highest BCUT2D eigenvalue weighted by atomic mass is 32.2. The molecule has 0 unspecified atom stereocenters. The lowest BCUT2D eigenvalue weighted by molar-refractivity contribution is -0.706. The summed E-state index contributed by atoms with van der Waals surface area (Å²) in [6.07, 6.45) is -1.25. The molecule has 1 N–H and O–H groups in total. The van der Waals surface area contributed by atoms with Crippen LogP contribution >= 0.6 is 0 Å². The van der Waals surface area contributed by atoms with Crippen LogP contribution in [0.4, 0.5) is 4.79 Å². The SMILES string of the molecule is Cc1ccc(-c2cc(C)nn2-c2ccc(S(=O)(=O)NC(=O)OCCN(C)/[N+]([O-])=N/OCN3C(=O)c4ccccc4C3=O)cc2)cc1. The molecule has 0 atom stereocenters. The van der Waals surface area contributed by atoms with E-state index in [4.69, 9.17) is 9.57 Å². The number of amides is 3. The topological polar surface area (TPSA) is 179 Å². The van der Waals surface area contributed by atoms with E-state index in [1.54, 1.807) is 28.9 Å². The summed E-state index contributed by atoms with van der Waals surface area (Å²) in [7, 11) is -2.98. The van der Waals surface area contributed by atoms with Crippen molar-refractivity contribution >= 4 is 27.9 Å². The zero-order chi connectivity index (χ0) is 33.0. The zero-order valence-corrected chi connectivity index (χ0v) is 25.8. The maximum absolute atomic E-state index is 12.8. The van der Waals surface area contributed by atoms with Crippen LogP contribution in [0.1, 0.15) is 32.0 Å². The van der Waals surface area contributed by atoms with Crippen molar-refractivity contribution in [2.45, 2.75) is 18.7 Å². The van der Waals surface area contributed by atoms with Gasteiger partial charge in [-0.25, -0.2) is 27.5 Å². The van der Waals surface area contributed by atoms with Gasteiger partial charge in [0.15, 0.2) is 0 Å². The van der Waals surface area contributed by atoms with Crippen molar-refractivity contribution in [1.82, 2.24) is 24.4 Å². The zero-order valence-electron chi connectivity index (χ0n) is 25.0. The first-order chi connectivity index (χ1) is 21.9. The predicted octanol–water partition coefficient (Wildman–Crippen LogP) is 3.57. The van der Waals surface area contributed by atoms with E-state index in [9.17, 15) is 28.0 Å². The minimum Gasteiger partial charge on any atom is -0.569 e. The molecule has 3 aromatic carbocycles. The Hall–Kier alpha value is -5.77. The van der Waals surface area contributed by atoms with E-state index in [-0.39, 0.29) is 34.1 Å². The maximum atomic E-state index is 12.8. The Morgan fingerprint density at radius 3 is 2.26 bits per heavy atom. The predicted molar refractivity (Wildman–Crippen MR) is 162 cm³/mol. The van der Waals surface area contributed by atoms with E-state index in [0.29, 0.717) is 5.69 Å². The van der Waals surface area contributed by atoms with Gasteiger partial charge in [-0.1, -0.05) is 42.0 Å². The number of aromatic nitrogens is 2. The number of nitrogens with zero attached hydrogens (tertiary/aromatic N) is 6. The lowest BCUT2D eigenvalue weighted by Gasteiger charge is -2.14. The molecule has 0 saturated heterocycles. The standard InChI is InChI=1S/C30H29N7O8S/c1-20-8-10-22(11-9-20)27-18-21(2)31-36(27)23-12-14-24(15-13-23)46(42,43)32-30(40)44-17-16-34(3)37(41)33-45-19-35-28(38)25-6-4-5-7-26(25)29(35)39/h4-15,18H,16-17,19H2,1-3H3,(H,32,40)/b37-33-. The number of hydrogen-bond acceptors (Lipinski definition) is 10. The summed E-state index contributed by atoms with van der Waals surface area (Å²) in [6.45, 7) is 2.68. The third-order valence-electron chi connectivity index (χ3n) is 6.92. The van der Waals surface area contributed by atoms with Crippen molar-refractivity contribution in [2.24, 2.45) is 5.28 Å². The van der Waals surface area contributed by atoms with Gasteiger partial charge in [0, 0.05) is 5.56 Å². The summed E-state index contributed by atoms with van der Waals surface area (Å²) in [5, 5.41) is 20.9. The molecule has 0 fully saturated rings. The quantitative estimate of drug-likeness (QED) is 0.110. The first-order valence-corrected chi connectivity index (χ1v) is 15.3. The Labute approximate surface area is 263 Å². The van der Waals surface area contributed by atoms with Crippen molar-refractivity contribution in [2.75, 3.05) is 26.9 Å². The Morgan fingerprint density at radius 1 is 1.00 bits per heavy atom. The summed E-state index contributed by atoms with van der Waals surface area (Å²) >= 11 is 0. The monoisotopic (exact) mass is 647 g/mol. The number of sulfonamides is 1. The Morgan fingerprint density at radius 2 is 1.63 bits per heavy atom. The van der Waals surface area contributed by atoms with Gasteiger partial charge in [0.05, 0.1) is 45.1 Å². The van der Waals surface area contributed by atoms with Crippen molar-refractivity contribution in [3.8, 4) is 16.9 Å². The van der Waals surface area contributed by atoms with Gasteiger partial charge in [-0.3, -0.25) is 9.59 Å². The molecule has 1 aliphatic heterocycles. The van der Waals surface area contributed by atoms with Gasteiger partial charge in [0.1, 0.15) is 13.2 Å². The van der Waals surface area contributed by atoms with E-state index < -0.39 is 34.7 Å². The number of rotatable bonds is 11. The summed E-state index contributed by atoms with van der Waals surface area (Å²) in [5.74, 6) is -1.15. The number of likely N-dealkylation sites (N-methyl/N-ethyl adjacent to an activating group) is 1. The fourth-order valence-electron chi connectivity index (χ4n) is 4.50. The molecule has 1 aliphatic rings. The first-order valence-electron chi connectivity index (χ1n) is 13.8. The van der Waals surface area contributed by atoms with E-state index in [2.05, 4.69) is 10.4 Å². The van der Waals surface area contributed by atoms with Gasteiger partial charge >= 0.3 is 6.09 Å². The molecule has 15 nitrogen and oxygen atoms in total. The third-order valence-corrected chi connectivity index (χ3v) is 8.25. The van der Waals surface area contributed by atoms with Crippen LogP contribution in [0.2, 0.25) is 0 Å². The van der Waals surface area contributed by atoms with Crippen LogP contribution in [0.3, 0.4) is 0 Å². The molecule has 0 radical (unpaired) electrons. The average Bonchev–Trinajstić information content (AvgIpc) is 3.54. The largest absolute Gasteiger partial charge is 0.569 e. The van der Waals surface area contributed by atoms with Gasteiger partial charge in [-0.05, 0) is 56.3 Å². The van der Waals surface area contributed by atoms with E-state index in [1.807, 2.05) is 48.9 Å². The highest BCUT2D eigenvalue weighted by molar-refractivity contribution is 7.90. The number of nitrogens with one attached hydrogen (secondary N) is 1. The van der Waals surface area contributed by atoms with Crippen LogP contribution in [-0.4, -0.2) is 77.9 Å². The molecular formula is C30H29N7O8S. The summed E-state index contributed by atoms with van der Waals surface area (Å²) in [4.78, 5) is 42.4. The fraction of sp³-hybridized carbons (Fsp3) is 0.200. The maximum Gasteiger partial charge on any atom is 0.421 e. The van der Waals surface area contributed by atoms with Gasteiger partial charge < -0.3 is 14.8 Å². The van der Waals surface area contributed by atoms with E-state index >= 15 is 0 Å². The number of benzene rings is 3. The molecule has 16 heteroatoms. The molecule has 0 spiro atoms. The average molecular weight is 648 g/mol. The number of ether oxygens (including phenoxy) is 1. The van der Waals surface area contributed by atoms with Crippen LogP contribution in [0.5, 0.6) is 0 Å². The first kappa shape index (κ1) is 31.6. The van der Waals surface area contributed by atoms with Gasteiger partial charge in [-0.2, -0.15) is 5.10 Å². The highest BCUT2D eigenvalue weighted by Crippen LogP contribution is 2.25. The number of hydrazine groups is 1. The Balaban J connectivity index is 1.10.